The smallest absolute Gasteiger partial charge is 0.268 e. The molecule has 3 aromatic carbocycles. The van der Waals surface area contributed by atoms with Crippen LogP contribution in [0.1, 0.15) is 71.8 Å². The van der Waals surface area contributed by atoms with Gasteiger partial charge in [-0.1, -0.05) is 60.4 Å². The average Bonchev–Trinajstić information content (AvgIpc) is 3.14. The van der Waals surface area contributed by atoms with Gasteiger partial charge in [0.1, 0.15) is 17.6 Å². The zero-order valence-corrected chi connectivity index (χ0v) is 27.1. The number of allylic oxidation sites excluding steroid dienone is 1. The molecule has 6 heterocycles. The Bertz CT molecular complexity index is 1910. The number of aliphatic hydroxyl groups is 1. The molecule has 8 bridgehead atoms. The molecule has 0 amide bonds. The van der Waals surface area contributed by atoms with Crippen LogP contribution in [0.15, 0.2) is 83.4 Å². The number of ether oxygens (including phenoxy) is 2. The normalized spacial score (nSPS) is 29.3. The van der Waals surface area contributed by atoms with Crippen molar-refractivity contribution in [2.24, 2.45) is 34.2 Å². The number of fused-ring (bicyclic) bond motifs is 7. The summed E-state index contributed by atoms with van der Waals surface area (Å²) in [6.45, 7) is -0.124. The SMILES string of the molecule is NC(N)=N[C@@H]1Oc2ccc(cc2)CC[C@@H](S(=O)(=O)O)[C@@H]2C=C3C[C@@H](C[C@@H]4O[C@H]3c3ccc(O)cc3C#CC[C@@H]4CO)[C@H]2c2ccc1cc2. The van der Waals surface area contributed by atoms with Gasteiger partial charge in [-0.05, 0) is 78.5 Å². The largest absolute Gasteiger partial charge is 0.508 e. The van der Waals surface area contributed by atoms with Crippen LogP contribution >= 0.6 is 0 Å². The molecule has 6 aliphatic heterocycles. The van der Waals surface area contributed by atoms with Crippen molar-refractivity contribution in [1.82, 2.24) is 0 Å². The lowest BCUT2D eigenvalue weighted by Crippen LogP contribution is -2.39. The number of aliphatic hydroxyl groups excluding tert-OH is 1. The first-order valence-electron chi connectivity index (χ1n) is 16.3. The van der Waals surface area contributed by atoms with Crippen molar-refractivity contribution in [3.63, 3.8) is 0 Å². The van der Waals surface area contributed by atoms with Crippen molar-refractivity contribution in [3.05, 3.63) is 106 Å². The molecule has 11 heteroatoms. The molecule has 3 aromatic rings. The third kappa shape index (κ3) is 6.41. The number of rotatable bonds is 3. The van der Waals surface area contributed by atoms with E-state index < -0.39 is 33.6 Å². The molecule has 10 rings (SSSR count). The minimum atomic E-state index is -4.52. The lowest BCUT2D eigenvalue weighted by atomic mass is 9.65. The Morgan fingerprint density at radius 2 is 1.77 bits per heavy atom. The fourth-order valence-electron chi connectivity index (χ4n) is 7.98. The van der Waals surface area contributed by atoms with E-state index in [9.17, 15) is 23.2 Å². The van der Waals surface area contributed by atoms with Crippen molar-refractivity contribution in [2.75, 3.05) is 6.61 Å². The summed E-state index contributed by atoms with van der Waals surface area (Å²) in [6.07, 6.45) is 2.43. The summed E-state index contributed by atoms with van der Waals surface area (Å²) < 4.78 is 50.7. The topological polar surface area (TPSA) is 178 Å². The van der Waals surface area contributed by atoms with Gasteiger partial charge in [0.05, 0.1) is 11.4 Å². The predicted octanol–water partition coefficient (Wildman–Crippen LogP) is 4.49. The van der Waals surface area contributed by atoms with Gasteiger partial charge in [-0.2, -0.15) is 8.42 Å². The van der Waals surface area contributed by atoms with Gasteiger partial charge in [-0.15, -0.1) is 0 Å². The molecule has 0 unspecified atom stereocenters. The maximum Gasteiger partial charge on any atom is 0.268 e. The van der Waals surface area contributed by atoms with Gasteiger partial charge in [0.25, 0.3) is 10.1 Å². The molecule has 1 aliphatic carbocycles. The standard InChI is InChI=1S/C37H39N3O7S/c38-37(39)40-36-23-9-7-22(8-10-23)34-26-16-27(18-31(34)33(48(43,44)45)15-6-21-4-12-29(46-36)13-5-21)35-30-14-11-28(42)17-24(30)2-1-3-25(20-41)32(19-26)47-35/h4-5,7-14,17-18,25-26,31-36,41-42H,3,6,15-16,19-20H2,(H4,38,39,40)(H,43,44,45)/t25-,26+,31+,32+,33-,34-,35-,36-/m1/s1. The second-order valence-electron chi connectivity index (χ2n) is 13.2. The molecule has 8 atom stereocenters. The lowest BCUT2D eigenvalue weighted by Gasteiger charge is -2.40. The number of aliphatic imine (C=N–C) groups is 1. The summed E-state index contributed by atoms with van der Waals surface area (Å²) in [5.41, 5.74) is 16.4. The maximum absolute atomic E-state index is 13.4. The minimum absolute atomic E-state index is 0.0820. The number of phenols is 1. The zero-order chi connectivity index (χ0) is 33.6. The summed E-state index contributed by atoms with van der Waals surface area (Å²) >= 11 is 0. The van der Waals surface area contributed by atoms with E-state index in [0.29, 0.717) is 42.6 Å². The van der Waals surface area contributed by atoms with Crippen molar-refractivity contribution in [1.29, 1.82) is 0 Å². The average molecular weight is 670 g/mol. The van der Waals surface area contributed by atoms with Crippen LogP contribution in [0.5, 0.6) is 11.5 Å². The highest BCUT2D eigenvalue weighted by Gasteiger charge is 2.47. The number of nitrogens with two attached hydrogens (primary N) is 2. The van der Waals surface area contributed by atoms with Gasteiger partial charge in [0.2, 0.25) is 6.23 Å². The molecule has 10 nitrogen and oxygen atoms in total. The van der Waals surface area contributed by atoms with Crippen molar-refractivity contribution in [3.8, 4) is 23.3 Å². The summed E-state index contributed by atoms with van der Waals surface area (Å²) in [7, 11) is -4.52. The van der Waals surface area contributed by atoms with E-state index in [1.165, 1.54) is 0 Å². The van der Waals surface area contributed by atoms with Gasteiger partial charge in [-0.25, -0.2) is 4.99 Å². The second-order valence-corrected chi connectivity index (χ2v) is 14.9. The Morgan fingerprint density at radius 3 is 2.48 bits per heavy atom. The van der Waals surface area contributed by atoms with Crippen LogP contribution in [0, 0.1) is 29.6 Å². The van der Waals surface area contributed by atoms with Crippen molar-refractivity contribution < 1.29 is 32.7 Å². The number of aryl methyl sites for hydroxylation is 1. The van der Waals surface area contributed by atoms with Gasteiger partial charge in [-0.3, -0.25) is 4.55 Å². The number of benzene rings is 3. The van der Waals surface area contributed by atoms with Gasteiger partial charge in [0.15, 0.2) is 5.96 Å². The van der Waals surface area contributed by atoms with Crippen molar-refractivity contribution >= 4 is 16.1 Å². The molecule has 0 radical (unpaired) electrons. The summed E-state index contributed by atoms with van der Waals surface area (Å²) in [6, 6.07) is 20.1. The monoisotopic (exact) mass is 669 g/mol. The third-order valence-corrected chi connectivity index (χ3v) is 11.6. The van der Waals surface area contributed by atoms with E-state index in [4.69, 9.17) is 20.9 Å². The fourth-order valence-corrected chi connectivity index (χ4v) is 9.05. The first-order chi connectivity index (χ1) is 23.1. The van der Waals surface area contributed by atoms with Crippen molar-refractivity contribution in [2.45, 2.75) is 61.7 Å². The number of aromatic hydroxyl groups is 1. The van der Waals surface area contributed by atoms with Crippen LogP contribution in [0.2, 0.25) is 0 Å². The van der Waals surface area contributed by atoms with E-state index in [0.717, 1.165) is 22.3 Å². The lowest BCUT2D eigenvalue weighted by molar-refractivity contribution is -0.0416. The summed E-state index contributed by atoms with van der Waals surface area (Å²) in [4.78, 5) is 4.33. The molecule has 250 valence electrons. The van der Waals surface area contributed by atoms with E-state index in [1.807, 2.05) is 48.5 Å². The number of hydrogen-bond donors (Lipinski definition) is 5. The number of guanidine groups is 1. The fraction of sp³-hybridized carbons (Fsp3) is 0.378. The zero-order valence-electron chi connectivity index (χ0n) is 26.3. The Kier molecular flexibility index (Phi) is 8.68. The Hall–Kier alpha value is -4.34. The van der Waals surface area contributed by atoms with Crippen LogP contribution in [-0.2, 0) is 21.3 Å². The Labute approximate surface area is 280 Å². The third-order valence-electron chi connectivity index (χ3n) is 10.2. The molecule has 0 aromatic heterocycles. The Morgan fingerprint density at radius 1 is 1.02 bits per heavy atom. The van der Waals surface area contributed by atoms with E-state index >= 15 is 0 Å². The number of phenolic OH excluding ortho intramolecular Hbond substituents is 1. The molecule has 7 aliphatic rings. The van der Waals surface area contributed by atoms with Crippen LogP contribution in [-0.4, -0.2) is 47.1 Å². The van der Waals surface area contributed by atoms with Crippen LogP contribution in [0.3, 0.4) is 0 Å². The highest BCUT2D eigenvalue weighted by molar-refractivity contribution is 7.86. The molecule has 1 fully saturated rings. The first-order valence-corrected chi connectivity index (χ1v) is 17.8. The highest BCUT2D eigenvalue weighted by atomic mass is 32.2. The van der Waals surface area contributed by atoms with E-state index in [2.05, 4.69) is 16.8 Å². The molecular formula is C37H39N3O7S. The van der Waals surface area contributed by atoms with Crippen LogP contribution in [0.25, 0.3) is 0 Å². The van der Waals surface area contributed by atoms with Gasteiger partial charge in [0, 0.05) is 41.6 Å². The number of nitrogens with zero attached hydrogens (tertiary/aromatic N) is 1. The van der Waals surface area contributed by atoms with Gasteiger partial charge >= 0.3 is 0 Å². The summed E-state index contributed by atoms with van der Waals surface area (Å²) in [5, 5.41) is 19.7. The van der Waals surface area contributed by atoms with Crippen LogP contribution in [0.4, 0.5) is 0 Å². The molecule has 0 saturated carbocycles. The number of hydrogen-bond acceptors (Lipinski definition) is 7. The molecule has 1 saturated heterocycles. The maximum atomic E-state index is 13.4. The molecule has 48 heavy (non-hydrogen) atoms. The Balaban J connectivity index is 1.42. The highest BCUT2D eigenvalue weighted by Crippen LogP contribution is 2.53. The first kappa shape index (κ1) is 32.2. The van der Waals surface area contributed by atoms with Crippen LogP contribution < -0.4 is 16.2 Å². The predicted molar refractivity (Wildman–Crippen MR) is 181 cm³/mol. The summed E-state index contributed by atoms with van der Waals surface area (Å²) in [5.74, 6) is 5.63. The minimum Gasteiger partial charge on any atom is -0.508 e. The quantitative estimate of drug-likeness (QED) is 0.0884. The molecular weight excluding hydrogens is 630 g/mol. The van der Waals surface area contributed by atoms with Gasteiger partial charge < -0.3 is 31.2 Å². The van der Waals surface area contributed by atoms with E-state index in [-0.39, 0.29) is 48.6 Å². The molecule has 0 spiro atoms. The molecule has 7 N–H and O–H groups in total. The van der Waals surface area contributed by atoms with E-state index in [1.54, 1.807) is 24.3 Å². The second kappa shape index (κ2) is 12.9.